The lowest BCUT2D eigenvalue weighted by atomic mass is 10.0. The van der Waals surface area contributed by atoms with E-state index in [4.69, 9.17) is 10.2 Å². The van der Waals surface area contributed by atoms with E-state index >= 15 is 0 Å². The molecule has 1 aromatic carbocycles. The number of benzene rings is 1. The third-order valence-corrected chi connectivity index (χ3v) is 4.08. The van der Waals surface area contributed by atoms with Crippen LogP contribution in [0, 0.1) is 0 Å². The minimum Gasteiger partial charge on any atom is -0.437 e. The Kier molecular flexibility index (Phi) is 3.21. The van der Waals surface area contributed by atoms with E-state index in [1.807, 2.05) is 26.0 Å². The Hall–Kier alpha value is -3.42. The Morgan fingerprint density at radius 2 is 1.96 bits per heavy atom. The van der Waals surface area contributed by atoms with Crippen molar-refractivity contribution >= 4 is 27.9 Å². The number of nitrogen functional groups attached to an aromatic ring is 1. The predicted molar refractivity (Wildman–Crippen MR) is 92.4 cm³/mol. The quantitative estimate of drug-likeness (QED) is 0.537. The molecule has 25 heavy (non-hydrogen) atoms. The van der Waals surface area contributed by atoms with Crippen LogP contribution in [-0.2, 0) is 0 Å². The first-order chi connectivity index (χ1) is 11.9. The molecule has 0 aliphatic heterocycles. The Morgan fingerprint density at radius 3 is 2.64 bits per heavy atom. The van der Waals surface area contributed by atoms with Crippen LogP contribution in [-0.4, -0.2) is 15.1 Å². The molecule has 0 atom stereocenters. The maximum atomic E-state index is 12.9. The van der Waals surface area contributed by atoms with Crippen LogP contribution in [0.2, 0.25) is 0 Å². The van der Waals surface area contributed by atoms with Crippen LogP contribution in [0.15, 0.2) is 42.8 Å². The van der Waals surface area contributed by atoms with Crippen molar-refractivity contribution in [3.05, 3.63) is 50.6 Å². The number of anilines is 1. The summed E-state index contributed by atoms with van der Waals surface area (Å²) in [5.41, 5.74) is 7.58. The van der Waals surface area contributed by atoms with Gasteiger partial charge in [0.05, 0.1) is 16.3 Å². The smallest absolute Gasteiger partial charge is 0.437 e. The van der Waals surface area contributed by atoms with Gasteiger partial charge in [-0.25, -0.2) is 4.79 Å². The van der Waals surface area contributed by atoms with Crippen molar-refractivity contribution in [2.24, 2.45) is 0 Å². The van der Waals surface area contributed by atoms with Gasteiger partial charge in [-0.2, -0.15) is 4.98 Å². The number of fused-ring (bicyclic) bond motifs is 2. The van der Waals surface area contributed by atoms with Gasteiger partial charge in [0.25, 0.3) is 0 Å². The summed E-state index contributed by atoms with van der Waals surface area (Å²) < 4.78 is 10.2. The van der Waals surface area contributed by atoms with Gasteiger partial charge in [0, 0.05) is 0 Å². The lowest BCUT2D eigenvalue weighted by Crippen LogP contribution is -2.06. The van der Waals surface area contributed by atoms with E-state index in [0.29, 0.717) is 16.5 Å². The second-order valence-corrected chi connectivity index (χ2v) is 6.06. The Bertz CT molecular complexity index is 1230. The summed E-state index contributed by atoms with van der Waals surface area (Å²) in [7, 11) is 0. The highest BCUT2D eigenvalue weighted by Gasteiger charge is 2.16. The fourth-order valence-electron chi connectivity index (χ4n) is 2.71. The van der Waals surface area contributed by atoms with E-state index in [1.54, 1.807) is 6.07 Å². The summed E-state index contributed by atoms with van der Waals surface area (Å²) in [5, 5.41) is 4.30. The number of H-pyrrole nitrogens is 1. The number of nitrogens with two attached hydrogens (primary N) is 1. The minimum atomic E-state index is -0.721. The molecule has 0 amide bonds. The van der Waals surface area contributed by atoms with Crippen molar-refractivity contribution in [2.75, 3.05) is 5.73 Å². The number of aromatic amines is 1. The van der Waals surface area contributed by atoms with Crippen molar-refractivity contribution in [2.45, 2.75) is 19.8 Å². The van der Waals surface area contributed by atoms with Crippen molar-refractivity contribution in [1.29, 1.82) is 0 Å². The van der Waals surface area contributed by atoms with Crippen LogP contribution in [0.3, 0.4) is 0 Å². The van der Waals surface area contributed by atoms with Gasteiger partial charge in [0.15, 0.2) is 5.82 Å². The number of hydrogen-bond donors (Lipinski definition) is 2. The molecule has 4 rings (SSSR count). The highest BCUT2D eigenvalue weighted by molar-refractivity contribution is 5.92. The average Bonchev–Trinajstić information content (AvgIpc) is 3.00. The second-order valence-electron chi connectivity index (χ2n) is 6.06. The number of pyridine rings is 1. The van der Waals surface area contributed by atoms with Gasteiger partial charge in [-0.3, -0.25) is 14.3 Å². The summed E-state index contributed by atoms with van der Waals surface area (Å²) in [6, 6.07) is 6.99. The Balaban J connectivity index is 2.06. The molecule has 0 saturated heterocycles. The molecule has 0 aliphatic carbocycles. The van der Waals surface area contributed by atoms with Crippen LogP contribution in [0.1, 0.15) is 25.3 Å². The van der Waals surface area contributed by atoms with Gasteiger partial charge in [0.1, 0.15) is 11.4 Å². The lowest BCUT2D eigenvalue weighted by Gasteiger charge is -2.08. The third-order valence-electron chi connectivity index (χ3n) is 4.08. The predicted octanol–water partition coefficient (Wildman–Crippen LogP) is 2.39. The van der Waals surface area contributed by atoms with Gasteiger partial charge < -0.3 is 10.2 Å². The zero-order chi connectivity index (χ0) is 17.7. The number of nitrogens with one attached hydrogen (secondary N) is 1. The standard InChI is InChI=1S/C17H14N4O4/c1-7(2)8-3-4-12-9(5-8)13(22)10-6-11(14(18)19-16(10)24-12)15-20-17(23)25-21-15/h3-7H,1-2H3,(H2,18,19)(H,20,21,23). The summed E-state index contributed by atoms with van der Waals surface area (Å²) in [6.07, 6.45) is 0. The van der Waals surface area contributed by atoms with Crippen molar-refractivity contribution in [3.8, 4) is 11.4 Å². The van der Waals surface area contributed by atoms with Crippen molar-refractivity contribution in [3.63, 3.8) is 0 Å². The molecule has 3 N–H and O–H groups in total. The first-order valence-electron chi connectivity index (χ1n) is 7.67. The van der Waals surface area contributed by atoms with E-state index in [1.165, 1.54) is 6.07 Å². The summed E-state index contributed by atoms with van der Waals surface area (Å²) in [5.74, 6) is -0.271. The SMILES string of the molecule is CC(C)c1ccc2oc3nc(N)c(-c4noc(=O)[nH]4)cc3c(=O)c2c1. The molecule has 0 unspecified atom stereocenters. The maximum Gasteiger partial charge on any atom is 0.439 e. The van der Waals surface area contributed by atoms with Gasteiger partial charge in [-0.15, -0.1) is 0 Å². The van der Waals surface area contributed by atoms with E-state index in [0.717, 1.165) is 5.56 Å². The van der Waals surface area contributed by atoms with E-state index in [2.05, 4.69) is 19.6 Å². The van der Waals surface area contributed by atoms with E-state index < -0.39 is 5.76 Å². The molecular weight excluding hydrogens is 324 g/mol. The summed E-state index contributed by atoms with van der Waals surface area (Å²) in [6.45, 7) is 4.09. The molecule has 4 aromatic rings. The molecule has 0 aliphatic rings. The fourth-order valence-corrected chi connectivity index (χ4v) is 2.71. The minimum absolute atomic E-state index is 0.0679. The van der Waals surface area contributed by atoms with Crippen LogP contribution < -0.4 is 16.9 Å². The molecule has 0 radical (unpaired) electrons. The van der Waals surface area contributed by atoms with Gasteiger partial charge in [-0.05, 0) is 29.7 Å². The molecule has 3 heterocycles. The van der Waals surface area contributed by atoms with Crippen LogP contribution in [0.5, 0.6) is 0 Å². The highest BCUT2D eigenvalue weighted by atomic mass is 16.5. The summed E-state index contributed by atoms with van der Waals surface area (Å²) >= 11 is 0. The molecule has 126 valence electrons. The monoisotopic (exact) mass is 338 g/mol. The molecule has 8 heteroatoms. The number of rotatable bonds is 2. The third kappa shape index (κ3) is 2.38. The van der Waals surface area contributed by atoms with Gasteiger partial charge in [0.2, 0.25) is 11.1 Å². The first kappa shape index (κ1) is 15.1. The number of aromatic nitrogens is 3. The van der Waals surface area contributed by atoms with Crippen LogP contribution >= 0.6 is 0 Å². The van der Waals surface area contributed by atoms with Gasteiger partial charge in [-0.1, -0.05) is 25.1 Å². The Labute approximate surface area is 140 Å². The number of nitrogens with zero attached hydrogens (tertiary/aromatic N) is 2. The molecule has 3 aromatic heterocycles. The molecule has 0 bridgehead atoms. The van der Waals surface area contributed by atoms with E-state index in [9.17, 15) is 9.59 Å². The molecule has 0 saturated carbocycles. The molecule has 0 fully saturated rings. The molecule has 0 spiro atoms. The zero-order valence-corrected chi connectivity index (χ0v) is 13.5. The Morgan fingerprint density at radius 1 is 1.16 bits per heavy atom. The number of hydrogen-bond acceptors (Lipinski definition) is 7. The zero-order valence-electron chi connectivity index (χ0n) is 13.5. The first-order valence-corrected chi connectivity index (χ1v) is 7.67. The average molecular weight is 338 g/mol. The van der Waals surface area contributed by atoms with Crippen LogP contribution in [0.25, 0.3) is 33.5 Å². The lowest BCUT2D eigenvalue weighted by molar-refractivity contribution is 0.388. The van der Waals surface area contributed by atoms with Gasteiger partial charge >= 0.3 is 5.76 Å². The molecule has 8 nitrogen and oxygen atoms in total. The normalized spacial score (nSPS) is 11.6. The van der Waals surface area contributed by atoms with Crippen molar-refractivity contribution in [1.82, 2.24) is 15.1 Å². The summed E-state index contributed by atoms with van der Waals surface area (Å²) in [4.78, 5) is 30.6. The molecular formula is C17H14N4O4. The second kappa shape index (κ2) is 5.30. The topological polar surface area (TPSA) is 128 Å². The van der Waals surface area contributed by atoms with E-state index in [-0.39, 0.29) is 34.1 Å². The van der Waals surface area contributed by atoms with Crippen molar-refractivity contribution < 1.29 is 8.94 Å². The highest BCUT2D eigenvalue weighted by Crippen LogP contribution is 2.27. The maximum absolute atomic E-state index is 12.9. The fraction of sp³-hybridized carbons (Fsp3) is 0.176. The van der Waals surface area contributed by atoms with Crippen LogP contribution in [0.4, 0.5) is 5.82 Å². The largest absolute Gasteiger partial charge is 0.439 e.